The molecule has 0 saturated carbocycles. The van der Waals surface area contributed by atoms with Crippen molar-refractivity contribution in [1.29, 1.82) is 0 Å². The lowest BCUT2D eigenvalue weighted by atomic mass is 10.1. The minimum Gasteiger partial charge on any atom is -0.323 e. The number of rotatable bonds is 4. The molecule has 2 amide bonds. The lowest BCUT2D eigenvalue weighted by molar-refractivity contribution is -0.120. The Morgan fingerprint density at radius 2 is 1.75 bits per heavy atom. The number of hydrogen-bond donors (Lipinski definition) is 1. The molecule has 6 heteroatoms. The summed E-state index contributed by atoms with van der Waals surface area (Å²) in [6.07, 6.45) is 0. The van der Waals surface area contributed by atoms with Crippen LogP contribution in [0.15, 0.2) is 36.4 Å². The zero-order chi connectivity index (χ0) is 17.9. The van der Waals surface area contributed by atoms with Gasteiger partial charge in [0.2, 0.25) is 11.8 Å². The van der Waals surface area contributed by atoms with Crippen molar-refractivity contribution in [2.24, 2.45) is 0 Å². The second-order valence-corrected chi connectivity index (χ2v) is 6.39. The molecule has 0 heterocycles. The maximum Gasteiger partial charge on any atom is 0.244 e. The molecule has 0 aliphatic heterocycles. The van der Waals surface area contributed by atoms with Crippen molar-refractivity contribution < 1.29 is 9.59 Å². The summed E-state index contributed by atoms with van der Waals surface area (Å²) in [7, 11) is 0. The molecule has 2 rings (SSSR count). The van der Waals surface area contributed by atoms with Gasteiger partial charge in [-0.2, -0.15) is 0 Å². The highest BCUT2D eigenvalue weighted by Crippen LogP contribution is 2.25. The van der Waals surface area contributed by atoms with Crippen molar-refractivity contribution in [3.05, 3.63) is 57.6 Å². The van der Waals surface area contributed by atoms with Gasteiger partial charge < -0.3 is 10.2 Å². The summed E-state index contributed by atoms with van der Waals surface area (Å²) in [6.45, 7) is 5.28. The van der Waals surface area contributed by atoms with Crippen LogP contribution in [-0.4, -0.2) is 18.4 Å². The minimum absolute atomic E-state index is 0.100. The normalized spacial score (nSPS) is 10.4. The number of anilines is 2. The van der Waals surface area contributed by atoms with Crippen LogP contribution in [0.25, 0.3) is 0 Å². The Bertz CT molecular complexity index is 791. The van der Waals surface area contributed by atoms with Gasteiger partial charge in [-0.05, 0) is 55.3 Å². The van der Waals surface area contributed by atoms with Crippen LogP contribution in [0, 0.1) is 13.8 Å². The maximum atomic E-state index is 12.3. The van der Waals surface area contributed by atoms with Crippen molar-refractivity contribution in [2.75, 3.05) is 16.8 Å². The van der Waals surface area contributed by atoms with E-state index in [0.717, 1.165) is 11.1 Å². The predicted molar refractivity (Wildman–Crippen MR) is 99.0 cm³/mol. The van der Waals surface area contributed by atoms with Crippen molar-refractivity contribution >= 4 is 46.4 Å². The SMILES string of the molecule is CC(=O)N(CC(=O)Nc1ccc(Cl)cc1Cl)c1ccc(C)c(C)c1. The molecule has 0 aliphatic carbocycles. The Morgan fingerprint density at radius 1 is 1.04 bits per heavy atom. The van der Waals surface area contributed by atoms with Crippen LogP contribution in [0.2, 0.25) is 10.0 Å². The number of benzene rings is 2. The predicted octanol–water partition coefficient (Wildman–Crippen LogP) is 4.60. The fourth-order valence-corrected chi connectivity index (χ4v) is 2.66. The molecule has 1 N–H and O–H groups in total. The van der Waals surface area contributed by atoms with E-state index >= 15 is 0 Å². The Balaban J connectivity index is 2.16. The summed E-state index contributed by atoms with van der Waals surface area (Å²) in [5.74, 6) is -0.553. The first-order chi connectivity index (χ1) is 11.3. The third kappa shape index (κ3) is 4.49. The smallest absolute Gasteiger partial charge is 0.244 e. The highest BCUT2D eigenvalue weighted by Gasteiger charge is 2.17. The van der Waals surface area contributed by atoms with Gasteiger partial charge >= 0.3 is 0 Å². The third-order valence-corrected chi connectivity index (χ3v) is 4.24. The van der Waals surface area contributed by atoms with Crippen LogP contribution >= 0.6 is 23.2 Å². The van der Waals surface area contributed by atoms with Gasteiger partial charge in [0.05, 0.1) is 10.7 Å². The van der Waals surface area contributed by atoms with Crippen LogP contribution in [0.1, 0.15) is 18.1 Å². The molecule has 0 saturated heterocycles. The standard InChI is InChI=1S/C18H18Cl2N2O2/c1-11-4-6-15(8-12(11)2)22(13(3)23)10-18(24)21-17-7-5-14(19)9-16(17)20/h4-9H,10H2,1-3H3,(H,21,24). The largest absolute Gasteiger partial charge is 0.323 e. The summed E-state index contributed by atoms with van der Waals surface area (Å²) < 4.78 is 0. The summed E-state index contributed by atoms with van der Waals surface area (Å²) in [5, 5.41) is 3.52. The summed E-state index contributed by atoms with van der Waals surface area (Å²) >= 11 is 11.9. The molecule has 0 radical (unpaired) electrons. The van der Waals surface area contributed by atoms with Gasteiger partial charge in [-0.3, -0.25) is 9.59 Å². The van der Waals surface area contributed by atoms with Gasteiger partial charge in [0.15, 0.2) is 0 Å². The molecule has 0 atom stereocenters. The number of amides is 2. The van der Waals surface area contributed by atoms with Crippen LogP contribution in [-0.2, 0) is 9.59 Å². The van der Waals surface area contributed by atoms with Crippen LogP contribution in [0.3, 0.4) is 0 Å². The highest BCUT2D eigenvalue weighted by molar-refractivity contribution is 6.36. The molecule has 0 unspecified atom stereocenters. The number of hydrogen-bond acceptors (Lipinski definition) is 2. The number of carbonyl (C=O) groups excluding carboxylic acids is 2. The average Bonchev–Trinajstić information content (AvgIpc) is 2.50. The summed E-state index contributed by atoms with van der Waals surface area (Å²) in [4.78, 5) is 25.7. The Morgan fingerprint density at radius 3 is 2.33 bits per heavy atom. The average molecular weight is 365 g/mol. The molecule has 0 fully saturated rings. The van der Waals surface area contributed by atoms with E-state index in [9.17, 15) is 9.59 Å². The zero-order valence-corrected chi connectivity index (χ0v) is 15.2. The molecule has 4 nitrogen and oxygen atoms in total. The van der Waals surface area contributed by atoms with Gasteiger partial charge in [-0.15, -0.1) is 0 Å². The van der Waals surface area contributed by atoms with E-state index in [1.807, 2.05) is 32.0 Å². The fourth-order valence-electron chi connectivity index (χ4n) is 2.20. The Hall–Kier alpha value is -2.04. The lowest BCUT2D eigenvalue weighted by Gasteiger charge is -2.21. The first-order valence-electron chi connectivity index (χ1n) is 7.38. The van der Waals surface area contributed by atoms with Crippen molar-refractivity contribution in [3.63, 3.8) is 0 Å². The molecule has 2 aromatic carbocycles. The molecule has 126 valence electrons. The fraction of sp³-hybridized carbons (Fsp3) is 0.222. The van der Waals surface area contributed by atoms with E-state index in [-0.39, 0.29) is 18.4 Å². The van der Waals surface area contributed by atoms with Gasteiger partial charge in [0.1, 0.15) is 6.54 Å². The second-order valence-electron chi connectivity index (χ2n) is 5.55. The molecule has 2 aromatic rings. The van der Waals surface area contributed by atoms with Gasteiger partial charge in [0.25, 0.3) is 0 Å². The van der Waals surface area contributed by atoms with Crippen LogP contribution in [0.5, 0.6) is 0 Å². The maximum absolute atomic E-state index is 12.3. The van der Waals surface area contributed by atoms with E-state index in [4.69, 9.17) is 23.2 Å². The molecule has 0 bridgehead atoms. The molecule has 0 aliphatic rings. The van der Waals surface area contributed by atoms with E-state index in [1.54, 1.807) is 18.2 Å². The van der Waals surface area contributed by atoms with E-state index in [1.165, 1.54) is 11.8 Å². The second kappa shape index (κ2) is 7.69. The lowest BCUT2D eigenvalue weighted by Crippen LogP contribution is -2.36. The highest BCUT2D eigenvalue weighted by atomic mass is 35.5. The van der Waals surface area contributed by atoms with Crippen LogP contribution < -0.4 is 10.2 Å². The Kier molecular flexibility index (Phi) is 5.86. The summed E-state index contributed by atoms with van der Waals surface area (Å²) in [6, 6.07) is 10.4. The van der Waals surface area contributed by atoms with Crippen molar-refractivity contribution in [1.82, 2.24) is 0 Å². The topological polar surface area (TPSA) is 49.4 Å². The minimum atomic E-state index is -0.340. The molecular formula is C18H18Cl2N2O2. The summed E-state index contributed by atoms with van der Waals surface area (Å²) in [5.41, 5.74) is 3.32. The quantitative estimate of drug-likeness (QED) is 0.861. The van der Waals surface area contributed by atoms with E-state index in [0.29, 0.717) is 21.4 Å². The third-order valence-electron chi connectivity index (χ3n) is 3.69. The van der Waals surface area contributed by atoms with Crippen LogP contribution in [0.4, 0.5) is 11.4 Å². The first kappa shape index (κ1) is 18.3. The Labute approximate surface area is 151 Å². The molecule has 24 heavy (non-hydrogen) atoms. The molecule has 0 aromatic heterocycles. The molecule has 0 spiro atoms. The van der Waals surface area contributed by atoms with Crippen molar-refractivity contribution in [3.8, 4) is 0 Å². The molecular weight excluding hydrogens is 347 g/mol. The van der Waals surface area contributed by atoms with Gasteiger partial charge in [-0.25, -0.2) is 0 Å². The van der Waals surface area contributed by atoms with E-state index < -0.39 is 0 Å². The van der Waals surface area contributed by atoms with Gasteiger partial charge in [0, 0.05) is 17.6 Å². The zero-order valence-electron chi connectivity index (χ0n) is 13.7. The number of nitrogens with zero attached hydrogens (tertiary/aromatic N) is 1. The number of nitrogens with one attached hydrogen (secondary N) is 1. The number of halogens is 2. The van der Waals surface area contributed by atoms with Gasteiger partial charge in [-0.1, -0.05) is 29.3 Å². The first-order valence-corrected chi connectivity index (χ1v) is 8.14. The van der Waals surface area contributed by atoms with E-state index in [2.05, 4.69) is 5.32 Å². The van der Waals surface area contributed by atoms with Crippen molar-refractivity contribution in [2.45, 2.75) is 20.8 Å². The number of aryl methyl sites for hydroxylation is 2. The number of carbonyl (C=O) groups is 2. The monoisotopic (exact) mass is 364 g/mol.